The highest BCUT2D eigenvalue weighted by atomic mass is 16.5. The molecule has 0 aromatic carbocycles. The van der Waals surface area contributed by atoms with Gasteiger partial charge in [0, 0.05) is 25.4 Å². The van der Waals surface area contributed by atoms with Gasteiger partial charge in [-0.3, -0.25) is 9.78 Å². The molecule has 2 atom stereocenters. The van der Waals surface area contributed by atoms with Crippen LogP contribution in [0.5, 0.6) is 0 Å². The first kappa shape index (κ1) is 13.5. The molecular weight excluding hydrogens is 248 g/mol. The average molecular weight is 264 g/mol. The zero-order chi connectivity index (χ0) is 13.7. The fourth-order valence-electron chi connectivity index (χ4n) is 2.00. The van der Waals surface area contributed by atoms with Gasteiger partial charge in [-0.1, -0.05) is 0 Å². The van der Waals surface area contributed by atoms with Gasteiger partial charge in [-0.2, -0.15) is 0 Å². The molecule has 0 spiro atoms. The summed E-state index contributed by atoms with van der Waals surface area (Å²) in [5.74, 6) is -1.40. The van der Waals surface area contributed by atoms with Crippen LogP contribution in [0.25, 0.3) is 0 Å². The highest BCUT2D eigenvalue weighted by Crippen LogP contribution is 2.12. The quantitative estimate of drug-likeness (QED) is 0.802. The predicted octanol–water partition coefficient (Wildman–Crippen LogP) is 0.372. The fourth-order valence-corrected chi connectivity index (χ4v) is 2.00. The zero-order valence-corrected chi connectivity index (χ0v) is 10.4. The van der Waals surface area contributed by atoms with Crippen LogP contribution in [-0.4, -0.2) is 40.7 Å². The van der Waals surface area contributed by atoms with E-state index in [-0.39, 0.29) is 12.3 Å². The molecule has 6 heteroatoms. The minimum atomic E-state index is -1.05. The number of carbonyl (C=O) groups is 2. The summed E-state index contributed by atoms with van der Waals surface area (Å²) in [6, 6.07) is 2.52. The van der Waals surface area contributed by atoms with Crippen molar-refractivity contribution < 1.29 is 19.4 Å². The lowest BCUT2D eigenvalue weighted by Gasteiger charge is -2.17. The van der Waals surface area contributed by atoms with Gasteiger partial charge < -0.3 is 15.2 Å². The number of aliphatic carboxylic acids is 1. The molecule has 1 amide bonds. The van der Waals surface area contributed by atoms with E-state index in [9.17, 15) is 9.59 Å². The third kappa shape index (κ3) is 3.75. The molecule has 19 heavy (non-hydrogen) atoms. The molecule has 1 aromatic rings. The molecule has 1 saturated heterocycles. The second-order valence-electron chi connectivity index (χ2n) is 4.46. The van der Waals surface area contributed by atoms with Crippen molar-refractivity contribution in [1.82, 2.24) is 10.3 Å². The SMILES string of the molecule is O=C(O)C(Cc1ccncc1)NC(=O)C1CCCO1. The Morgan fingerprint density at radius 3 is 2.79 bits per heavy atom. The molecule has 0 bridgehead atoms. The second-order valence-corrected chi connectivity index (χ2v) is 4.46. The Bertz CT molecular complexity index is 443. The maximum absolute atomic E-state index is 11.8. The second kappa shape index (κ2) is 6.29. The van der Waals surface area contributed by atoms with Crippen molar-refractivity contribution in [3.63, 3.8) is 0 Å². The Hall–Kier alpha value is -1.95. The molecule has 0 aliphatic carbocycles. The summed E-state index contributed by atoms with van der Waals surface area (Å²) in [4.78, 5) is 26.9. The highest BCUT2D eigenvalue weighted by molar-refractivity contribution is 5.86. The molecule has 1 aliphatic heterocycles. The third-order valence-corrected chi connectivity index (χ3v) is 3.03. The number of nitrogens with one attached hydrogen (secondary N) is 1. The summed E-state index contributed by atoms with van der Waals surface area (Å²) in [5.41, 5.74) is 0.815. The number of carbonyl (C=O) groups excluding carboxylic acids is 1. The Morgan fingerprint density at radius 1 is 1.47 bits per heavy atom. The molecule has 1 fully saturated rings. The fraction of sp³-hybridized carbons (Fsp3) is 0.462. The van der Waals surface area contributed by atoms with Crippen LogP contribution < -0.4 is 5.32 Å². The van der Waals surface area contributed by atoms with E-state index in [2.05, 4.69) is 10.3 Å². The maximum atomic E-state index is 11.8. The summed E-state index contributed by atoms with van der Waals surface area (Å²) in [7, 11) is 0. The van der Waals surface area contributed by atoms with Crippen LogP contribution in [0.3, 0.4) is 0 Å². The number of ether oxygens (including phenoxy) is 1. The van der Waals surface area contributed by atoms with Crippen molar-refractivity contribution in [3.8, 4) is 0 Å². The van der Waals surface area contributed by atoms with Gasteiger partial charge in [0.1, 0.15) is 12.1 Å². The molecule has 1 aromatic heterocycles. The van der Waals surface area contributed by atoms with Gasteiger partial charge in [0.05, 0.1) is 0 Å². The minimum absolute atomic E-state index is 0.232. The van der Waals surface area contributed by atoms with Crippen molar-refractivity contribution >= 4 is 11.9 Å². The van der Waals surface area contributed by atoms with Gasteiger partial charge in [0.2, 0.25) is 5.91 Å². The van der Waals surface area contributed by atoms with E-state index in [4.69, 9.17) is 9.84 Å². The van der Waals surface area contributed by atoms with Crippen molar-refractivity contribution in [2.75, 3.05) is 6.61 Å². The van der Waals surface area contributed by atoms with Crippen LogP contribution in [0.4, 0.5) is 0 Å². The van der Waals surface area contributed by atoms with Crippen molar-refractivity contribution in [1.29, 1.82) is 0 Å². The summed E-state index contributed by atoms with van der Waals surface area (Å²) in [6.07, 6.45) is 4.38. The van der Waals surface area contributed by atoms with Gasteiger partial charge in [-0.05, 0) is 30.5 Å². The number of aromatic nitrogens is 1. The topological polar surface area (TPSA) is 88.5 Å². The smallest absolute Gasteiger partial charge is 0.326 e. The Balaban J connectivity index is 1.96. The molecule has 0 saturated carbocycles. The average Bonchev–Trinajstić information content (AvgIpc) is 2.93. The van der Waals surface area contributed by atoms with Crippen LogP contribution >= 0.6 is 0 Å². The highest BCUT2D eigenvalue weighted by Gasteiger charge is 2.28. The molecule has 2 rings (SSSR count). The van der Waals surface area contributed by atoms with Gasteiger partial charge in [-0.25, -0.2) is 4.79 Å². The Labute approximate surface area is 110 Å². The standard InChI is InChI=1S/C13H16N2O4/c16-12(11-2-1-7-19-11)15-10(13(17)18)8-9-3-5-14-6-4-9/h3-6,10-11H,1-2,7-8H2,(H,15,16)(H,17,18). The van der Waals surface area contributed by atoms with Gasteiger partial charge in [-0.15, -0.1) is 0 Å². The number of rotatable bonds is 5. The van der Waals surface area contributed by atoms with Crippen LogP contribution in [0.2, 0.25) is 0 Å². The van der Waals surface area contributed by atoms with Crippen LogP contribution in [0, 0.1) is 0 Å². The first-order valence-corrected chi connectivity index (χ1v) is 6.20. The number of nitrogens with zero attached hydrogens (tertiary/aromatic N) is 1. The molecule has 0 radical (unpaired) electrons. The summed E-state index contributed by atoms with van der Waals surface area (Å²) < 4.78 is 5.23. The number of carboxylic acids is 1. The molecule has 102 valence electrons. The lowest BCUT2D eigenvalue weighted by molar-refractivity contribution is -0.143. The Morgan fingerprint density at radius 2 is 2.21 bits per heavy atom. The Kier molecular flexibility index (Phi) is 4.46. The van der Waals surface area contributed by atoms with E-state index < -0.39 is 18.1 Å². The first-order chi connectivity index (χ1) is 9.16. The van der Waals surface area contributed by atoms with E-state index in [1.807, 2.05) is 0 Å². The first-order valence-electron chi connectivity index (χ1n) is 6.20. The lowest BCUT2D eigenvalue weighted by atomic mass is 10.1. The molecule has 2 heterocycles. The monoisotopic (exact) mass is 264 g/mol. The molecular formula is C13H16N2O4. The maximum Gasteiger partial charge on any atom is 0.326 e. The van der Waals surface area contributed by atoms with Crippen LogP contribution in [0.15, 0.2) is 24.5 Å². The van der Waals surface area contributed by atoms with E-state index in [0.29, 0.717) is 13.0 Å². The van der Waals surface area contributed by atoms with Gasteiger partial charge in [0.25, 0.3) is 0 Å². The summed E-state index contributed by atoms with van der Waals surface area (Å²) in [6.45, 7) is 0.556. The third-order valence-electron chi connectivity index (χ3n) is 3.03. The van der Waals surface area contributed by atoms with Crippen molar-refractivity contribution in [2.24, 2.45) is 0 Å². The van der Waals surface area contributed by atoms with Crippen molar-refractivity contribution in [2.45, 2.75) is 31.4 Å². The molecule has 2 unspecified atom stereocenters. The normalized spacial score (nSPS) is 19.9. The van der Waals surface area contributed by atoms with Gasteiger partial charge in [0.15, 0.2) is 0 Å². The van der Waals surface area contributed by atoms with E-state index in [1.165, 1.54) is 0 Å². The molecule has 1 aliphatic rings. The zero-order valence-electron chi connectivity index (χ0n) is 10.4. The number of carboxylic acid groups (broad SMARTS) is 1. The largest absolute Gasteiger partial charge is 0.480 e. The molecule has 2 N–H and O–H groups in total. The number of hydrogen-bond acceptors (Lipinski definition) is 4. The predicted molar refractivity (Wildman–Crippen MR) is 66.5 cm³/mol. The summed E-state index contributed by atoms with van der Waals surface area (Å²) >= 11 is 0. The number of hydrogen-bond donors (Lipinski definition) is 2. The van der Waals surface area contributed by atoms with Crippen LogP contribution in [0.1, 0.15) is 18.4 Å². The van der Waals surface area contributed by atoms with Crippen molar-refractivity contribution in [3.05, 3.63) is 30.1 Å². The van der Waals surface area contributed by atoms with E-state index >= 15 is 0 Å². The lowest BCUT2D eigenvalue weighted by Crippen LogP contribution is -2.46. The van der Waals surface area contributed by atoms with E-state index in [0.717, 1.165) is 12.0 Å². The molecule has 6 nitrogen and oxygen atoms in total. The summed E-state index contributed by atoms with van der Waals surface area (Å²) in [5, 5.41) is 11.7. The van der Waals surface area contributed by atoms with E-state index in [1.54, 1.807) is 24.5 Å². The number of pyridine rings is 1. The van der Waals surface area contributed by atoms with Crippen LogP contribution in [-0.2, 0) is 20.7 Å². The minimum Gasteiger partial charge on any atom is -0.480 e. The number of amides is 1. The van der Waals surface area contributed by atoms with Gasteiger partial charge >= 0.3 is 5.97 Å².